The molecule has 124 valence electrons. The molecule has 1 aliphatic heterocycles. The van der Waals surface area contributed by atoms with Crippen molar-refractivity contribution in [2.24, 2.45) is 0 Å². The van der Waals surface area contributed by atoms with Gasteiger partial charge in [-0.2, -0.15) is 0 Å². The molecule has 0 bridgehead atoms. The van der Waals surface area contributed by atoms with E-state index in [9.17, 15) is 9.59 Å². The highest BCUT2D eigenvalue weighted by Gasteiger charge is 2.17. The van der Waals surface area contributed by atoms with Gasteiger partial charge >= 0.3 is 0 Å². The topological polar surface area (TPSA) is 61.4 Å². The van der Waals surface area contributed by atoms with E-state index in [2.05, 4.69) is 10.6 Å². The van der Waals surface area contributed by atoms with Crippen LogP contribution in [0.5, 0.6) is 0 Å². The summed E-state index contributed by atoms with van der Waals surface area (Å²) in [5.41, 5.74) is 4.09. The Labute approximate surface area is 141 Å². The van der Waals surface area contributed by atoms with Gasteiger partial charge in [-0.05, 0) is 54.8 Å². The molecule has 0 saturated heterocycles. The van der Waals surface area contributed by atoms with E-state index in [0.29, 0.717) is 16.8 Å². The van der Waals surface area contributed by atoms with Gasteiger partial charge < -0.3 is 15.5 Å². The number of anilines is 2. The molecule has 0 aliphatic carbocycles. The van der Waals surface area contributed by atoms with Crippen molar-refractivity contribution in [1.29, 1.82) is 0 Å². The van der Waals surface area contributed by atoms with Gasteiger partial charge in [-0.1, -0.05) is 6.07 Å². The van der Waals surface area contributed by atoms with E-state index in [1.165, 1.54) is 4.90 Å². The normalized spacial score (nSPS) is 12.8. The molecule has 2 N–H and O–H groups in total. The van der Waals surface area contributed by atoms with Gasteiger partial charge in [0.15, 0.2) is 0 Å². The van der Waals surface area contributed by atoms with Gasteiger partial charge in [-0.15, -0.1) is 0 Å². The van der Waals surface area contributed by atoms with Gasteiger partial charge in [-0.25, -0.2) is 0 Å². The van der Waals surface area contributed by atoms with Gasteiger partial charge in [-0.3, -0.25) is 9.59 Å². The Morgan fingerprint density at radius 3 is 2.54 bits per heavy atom. The van der Waals surface area contributed by atoms with E-state index < -0.39 is 0 Å². The van der Waals surface area contributed by atoms with E-state index in [4.69, 9.17) is 0 Å². The van der Waals surface area contributed by atoms with Crippen molar-refractivity contribution in [3.63, 3.8) is 0 Å². The van der Waals surface area contributed by atoms with Crippen LogP contribution in [0.15, 0.2) is 42.5 Å². The minimum atomic E-state index is -0.123. The Kier molecular flexibility index (Phi) is 4.51. The summed E-state index contributed by atoms with van der Waals surface area (Å²) in [5, 5.41) is 6.24. The molecule has 1 heterocycles. The van der Waals surface area contributed by atoms with Crippen LogP contribution >= 0.6 is 0 Å². The second-order valence-electron chi connectivity index (χ2n) is 6.09. The summed E-state index contributed by atoms with van der Waals surface area (Å²) < 4.78 is 0. The van der Waals surface area contributed by atoms with Crippen LogP contribution in [0.3, 0.4) is 0 Å². The SMILES string of the molecule is CN(C)C(=O)c1ccc(NC(=O)c2cccc3c2CCCN3)cc1. The van der Waals surface area contributed by atoms with Gasteiger partial charge in [0.2, 0.25) is 0 Å². The fraction of sp³-hybridized carbons (Fsp3) is 0.263. The number of hydrogen-bond donors (Lipinski definition) is 2. The van der Waals surface area contributed by atoms with Gasteiger partial charge in [0.1, 0.15) is 0 Å². The second-order valence-corrected chi connectivity index (χ2v) is 6.09. The first-order chi connectivity index (χ1) is 11.6. The summed E-state index contributed by atoms with van der Waals surface area (Å²) in [6, 6.07) is 12.7. The molecule has 0 fully saturated rings. The summed E-state index contributed by atoms with van der Waals surface area (Å²) in [6.45, 7) is 0.944. The van der Waals surface area contributed by atoms with E-state index in [-0.39, 0.29) is 11.8 Å². The Balaban J connectivity index is 1.77. The van der Waals surface area contributed by atoms with Crippen LogP contribution < -0.4 is 10.6 Å². The Morgan fingerprint density at radius 1 is 1.08 bits per heavy atom. The predicted octanol–water partition coefficient (Wildman–Crippen LogP) is 3.00. The van der Waals surface area contributed by atoms with E-state index in [0.717, 1.165) is 30.6 Å². The number of nitrogens with zero attached hydrogens (tertiary/aromatic N) is 1. The zero-order chi connectivity index (χ0) is 17.1. The highest BCUT2D eigenvalue weighted by atomic mass is 16.2. The Morgan fingerprint density at radius 2 is 1.83 bits per heavy atom. The summed E-state index contributed by atoms with van der Waals surface area (Å²) in [5.74, 6) is -0.182. The number of benzene rings is 2. The molecular formula is C19H21N3O2. The monoisotopic (exact) mass is 323 g/mol. The molecule has 2 amide bonds. The molecule has 3 rings (SSSR count). The number of amides is 2. The van der Waals surface area contributed by atoms with Gasteiger partial charge in [0.25, 0.3) is 11.8 Å². The summed E-state index contributed by atoms with van der Waals surface area (Å²) in [7, 11) is 3.43. The molecule has 2 aromatic carbocycles. The van der Waals surface area contributed by atoms with Crippen molar-refractivity contribution < 1.29 is 9.59 Å². The lowest BCUT2D eigenvalue weighted by Crippen LogP contribution is -2.21. The van der Waals surface area contributed by atoms with Crippen molar-refractivity contribution in [2.75, 3.05) is 31.3 Å². The van der Waals surface area contributed by atoms with Crippen LogP contribution in [0, 0.1) is 0 Å². The molecule has 1 aliphatic rings. The minimum absolute atomic E-state index is 0.0592. The first-order valence-electron chi connectivity index (χ1n) is 8.05. The maximum absolute atomic E-state index is 12.6. The molecule has 0 spiro atoms. The Bertz CT molecular complexity index is 767. The lowest BCUT2D eigenvalue weighted by atomic mass is 9.97. The standard InChI is InChI=1S/C19H21N3O2/c1-22(2)19(24)13-8-10-14(11-9-13)21-18(23)16-5-3-7-17-15(16)6-4-12-20-17/h3,5,7-11,20H,4,6,12H2,1-2H3,(H,21,23). The molecular weight excluding hydrogens is 302 g/mol. The Hall–Kier alpha value is -2.82. The second kappa shape index (κ2) is 6.74. The molecule has 0 saturated carbocycles. The molecule has 0 aromatic heterocycles. The van der Waals surface area contributed by atoms with Crippen LogP contribution in [0.1, 0.15) is 32.7 Å². The van der Waals surface area contributed by atoms with Crippen molar-refractivity contribution in [3.05, 3.63) is 59.2 Å². The minimum Gasteiger partial charge on any atom is -0.385 e. The fourth-order valence-electron chi connectivity index (χ4n) is 2.88. The molecule has 0 unspecified atom stereocenters. The van der Waals surface area contributed by atoms with Crippen molar-refractivity contribution in [2.45, 2.75) is 12.8 Å². The van der Waals surface area contributed by atoms with Crippen LogP contribution in [0.2, 0.25) is 0 Å². The number of nitrogens with one attached hydrogen (secondary N) is 2. The van der Waals surface area contributed by atoms with Crippen LogP contribution in [0.25, 0.3) is 0 Å². The number of rotatable bonds is 3. The molecule has 5 heteroatoms. The zero-order valence-corrected chi connectivity index (χ0v) is 13.9. The average Bonchev–Trinajstić information content (AvgIpc) is 2.61. The largest absolute Gasteiger partial charge is 0.385 e. The van der Waals surface area contributed by atoms with Crippen molar-refractivity contribution in [3.8, 4) is 0 Å². The van der Waals surface area contributed by atoms with Crippen molar-refractivity contribution >= 4 is 23.2 Å². The first kappa shape index (κ1) is 16.1. The maximum atomic E-state index is 12.6. The highest BCUT2D eigenvalue weighted by Crippen LogP contribution is 2.26. The van der Waals surface area contributed by atoms with E-state index >= 15 is 0 Å². The molecule has 0 atom stereocenters. The molecule has 24 heavy (non-hydrogen) atoms. The fourth-order valence-corrected chi connectivity index (χ4v) is 2.88. The predicted molar refractivity (Wildman–Crippen MR) is 95.7 cm³/mol. The van der Waals surface area contributed by atoms with Gasteiger partial charge in [0.05, 0.1) is 0 Å². The smallest absolute Gasteiger partial charge is 0.256 e. The lowest BCUT2D eigenvalue weighted by Gasteiger charge is -2.20. The average molecular weight is 323 g/mol. The summed E-state index contributed by atoms with van der Waals surface area (Å²) >= 11 is 0. The number of fused-ring (bicyclic) bond motifs is 1. The maximum Gasteiger partial charge on any atom is 0.256 e. The van der Waals surface area contributed by atoms with E-state index in [1.54, 1.807) is 38.4 Å². The van der Waals surface area contributed by atoms with Crippen molar-refractivity contribution in [1.82, 2.24) is 4.90 Å². The number of carbonyl (C=O) groups excluding carboxylic acids is 2. The highest BCUT2D eigenvalue weighted by molar-refractivity contribution is 6.06. The third-order valence-corrected chi connectivity index (χ3v) is 4.14. The molecule has 5 nitrogen and oxygen atoms in total. The zero-order valence-electron chi connectivity index (χ0n) is 13.9. The van der Waals surface area contributed by atoms with Crippen LogP contribution in [0.4, 0.5) is 11.4 Å². The number of hydrogen-bond acceptors (Lipinski definition) is 3. The van der Waals surface area contributed by atoms with Crippen LogP contribution in [-0.2, 0) is 6.42 Å². The molecule has 2 aromatic rings. The first-order valence-corrected chi connectivity index (χ1v) is 8.05. The quantitative estimate of drug-likeness (QED) is 0.913. The third kappa shape index (κ3) is 3.25. The third-order valence-electron chi connectivity index (χ3n) is 4.14. The lowest BCUT2D eigenvalue weighted by molar-refractivity contribution is 0.0827. The molecule has 0 radical (unpaired) electrons. The van der Waals surface area contributed by atoms with E-state index in [1.807, 2.05) is 18.2 Å². The number of carbonyl (C=O) groups is 2. The van der Waals surface area contributed by atoms with Gasteiger partial charge in [0, 0.05) is 43.1 Å². The summed E-state index contributed by atoms with van der Waals surface area (Å²) in [4.78, 5) is 26.0. The van der Waals surface area contributed by atoms with Crippen LogP contribution in [-0.4, -0.2) is 37.4 Å². The summed E-state index contributed by atoms with van der Waals surface area (Å²) in [6.07, 6.45) is 1.93.